The number of aromatic nitrogens is 2. The molecular weight excluding hydrogens is 350 g/mol. The van der Waals surface area contributed by atoms with Gasteiger partial charge in [-0.2, -0.15) is 5.10 Å². The molecule has 0 aliphatic carbocycles. The molecule has 26 heavy (non-hydrogen) atoms. The molecule has 142 valence electrons. The summed E-state index contributed by atoms with van der Waals surface area (Å²) in [5.41, 5.74) is 0.904. The Hall–Kier alpha value is -1.93. The molecule has 1 fully saturated rings. The summed E-state index contributed by atoms with van der Waals surface area (Å²) in [6.07, 6.45) is 3.40. The van der Waals surface area contributed by atoms with Gasteiger partial charge in [-0.3, -0.25) is 14.3 Å². The zero-order chi connectivity index (χ0) is 18.7. The molecule has 3 N–H and O–H groups in total. The van der Waals surface area contributed by atoms with Gasteiger partial charge in [-0.15, -0.1) is 11.3 Å². The number of hydrogen-bond acceptors (Lipinski definition) is 5. The van der Waals surface area contributed by atoms with Crippen LogP contribution in [-0.2, 0) is 11.8 Å². The average molecular weight is 378 g/mol. The second kappa shape index (κ2) is 8.18. The molecule has 2 aromatic rings. The van der Waals surface area contributed by atoms with Gasteiger partial charge in [0.2, 0.25) is 5.91 Å². The summed E-state index contributed by atoms with van der Waals surface area (Å²) in [7, 11) is 1.87. The van der Waals surface area contributed by atoms with Crippen LogP contribution in [0.4, 0.5) is 0 Å². The van der Waals surface area contributed by atoms with E-state index in [1.807, 2.05) is 20.0 Å². The van der Waals surface area contributed by atoms with E-state index in [0.717, 1.165) is 35.4 Å². The Kier molecular flexibility index (Phi) is 5.93. The standard InChI is InChI=1S/C18H27N5O2S/c1-11-14-9-15(26-18(14)23(3)22-11)17(25)21-12(2)16(24)20-8-6-13-5-4-7-19-10-13/h9,12-13,19H,4-8,10H2,1-3H3,(H,20,24)(H,21,25). The molecule has 0 aromatic carbocycles. The number of aryl methyl sites for hydroxylation is 2. The quantitative estimate of drug-likeness (QED) is 0.713. The number of nitrogens with one attached hydrogen (secondary N) is 3. The monoisotopic (exact) mass is 377 g/mol. The fourth-order valence-electron chi connectivity index (χ4n) is 3.37. The highest BCUT2D eigenvalue weighted by molar-refractivity contribution is 7.20. The molecule has 1 saturated heterocycles. The van der Waals surface area contributed by atoms with E-state index in [2.05, 4.69) is 21.0 Å². The zero-order valence-electron chi connectivity index (χ0n) is 15.6. The van der Waals surface area contributed by atoms with Gasteiger partial charge >= 0.3 is 0 Å². The van der Waals surface area contributed by atoms with Crippen LogP contribution >= 0.6 is 11.3 Å². The lowest BCUT2D eigenvalue weighted by atomic mass is 9.96. The van der Waals surface area contributed by atoms with Crippen LogP contribution in [0.5, 0.6) is 0 Å². The lowest BCUT2D eigenvalue weighted by Gasteiger charge is -2.23. The molecule has 1 aliphatic rings. The first-order chi connectivity index (χ1) is 12.5. The van der Waals surface area contributed by atoms with Crippen molar-refractivity contribution in [3.8, 4) is 0 Å². The molecule has 0 saturated carbocycles. The van der Waals surface area contributed by atoms with Crippen LogP contribution in [0.25, 0.3) is 10.2 Å². The summed E-state index contributed by atoms with van der Waals surface area (Å²) < 4.78 is 1.78. The third-order valence-corrected chi connectivity index (χ3v) is 6.11. The molecule has 2 unspecified atom stereocenters. The Morgan fingerprint density at radius 2 is 2.31 bits per heavy atom. The minimum Gasteiger partial charge on any atom is -0.354 e. The number of piperidine rings is 1. The number of thiophene rings is 1. The van der Waals surface area contributed by atoms with E-state index in [4.69, 9.17) is 0 Å². The largest absolute Gasteiger partial charge is 0.354 e. The van der Waals surface area contributed by atoms with E-state index in [9.17, 15) is 9.59 Å². The van der Waals surface area contributed by atoms with Crippen LogP contribution in [0.2, 0.25) is 0 Å². The fourth-order valence-corrected chi connectivity index (χ4v) is 4.40. The Morgan fingerprint density at radius 1 is 1.50 bits per heavy atom. The molecule has 2 aromatic heterocycles. The summed E-state index contributed by atoms with van der Waals surface area (Å²) in [5, 5.41) is 14.4. The topological polar surface area (TPSA) is 88.0 Å². The first kappa shape index (κ1) is 18.8. The van der Waals surface area contributed by atoms with Crippen molar-refractivity contribution in [2.75, 3.05) is 19.6 Å². The molecule has 2 amide bonds. The second-order valence-electron chi connectivity index (χ2n) is 7.03. The molecule has 8 heteroatoms. The number of carbonyl (C=O) groups excluding carboxylic acids is 2. The SMILES string of the molecule is Cc1nn(C)c2sc(C(=O)NC(C)C(=O)NCCC3CCCNC3)cc12. The van der Waals surface area contributed by atoms with Gasteiger partial charge in [-0.1, -0.05) is 0 Å². The predicted molar refractivity (Wildman–Crippen MR) is 103 cm³/mol. The van der Waals surface area contributed by atoms with E-state index in [0.29, 0.717) is 17.3 Å². The van der Waals surface area contributed by atoms with Crippen LogP contribution in [0.3, 0.4) is 0 Å². The minimum absolute atomic E-state index is 0.138. The van der Waals surface area contributed by atoms with E-state index >= 15 is 0 Å². The summed E-state index contributed by atoms with van der Waals surface area (Å²) in [5.74, 6) is 0.273. The van der Waals surface area contributed by atoms with Gasteiger partial charge in [0, 0.05) is 19.0 Å². The van der Waals surface area contributed by atoms with E-state index < -0.39 is 6.04 Å². The average Bonchev–Trinajstić information content (AvgIpc) is 3.17. The zero-order valence-corrected chi connectivity index (χ0v) is 16.4. The van der Waals surface area contributed by atoms with Crippen molar-refractivity contribution in [1.82, 2.24) is 25.7 Å². The summed E-state index contributed by atoms with van der Waals surface area (Å²) in [4.78, 5) is 26.2. The lowest BCUT2D eigenvalue weighted by Crippen LogP contribution is -2.45. The van der Waals surface area contributed by atoms with Crippen LogP contribution < -0.4 is 16.0 Å². The maximum Gasteiger partial charge on any atom is 0.262 e. The minimum atomic E-state index is -0.559. The molecule has 2 atom stereocenters. The van der Waals surface area contributed by atoms with Gasteiger partial charge in [0.05, 0.1) is 10.6 Å². The molecule has 0 spiro atoms. The van der Waals surface area contributed by atoms with Gasteiger partial charge in [0.1, 0.15) is 10.9 Å². The third kappa shape index (κ3) is 4.24. The van der Waals surface area contributed by atoms with Crippen molar-refractivity contribution in [2.24, 2.45) is 13.0 Å². The van der Waals surface area contributed by atoms with Gasteiger partial charge in [0.15, 0.2) is 0 Å². The van der Waals surface area contributed by atoms with Crippen molar-refractivity contribution >= 4 is 33.4 Å². The molecular formula is C18H27N5O2S. The number of fused-ring (bicyclic) bond motifs is 1. The summed E-state index contributed by atoms with van der Waals surface area (Å²) in [6.45, 7) is 6.42. The smallest absolute Gasteiger partial charge is 0.262 e. The number of carbonyl (C=O) groups is 2. The van der Waals surface area contributed by atoms with Gasteiger partial charge in [0.25, 0.3) is 5.91 Å². The number of hydrogen-bond donors (Lipinski definition) is 3. The highest BCUT2D eigenvalue weighted by Crippen LogP contribution is 2.27. The van der Waals surface area contributed by atoms with Crippen molar-refractivity contribution in [3.05, 3.63) is 16.6 Å². The number of rotatable bonds is 6. The van der Waals surface area contributed by atoms with E-state index in [-0.39, 0.29) is 11.8 Å². The highest BCUT2D eigenvalue weighted by Gasteiger charge is 2.20. The predicted octanol–water partition coefficient (Wildman–Crippen LogP) is 1.57. The first-order valence-electron chi connectivity index (χ1n) is 9.18. The van der Waals surface area contributed by atoms with Crippen LogP contribution in [0.1, 0.15) is 41.6 Å². The lowest BCUT2D eigenvalue weighted by molar-refractivity contribution is -0.122. The Balaban J connectivity index is 1.49. The summed E-state index contributed by atoms with van der Waals surface area (Å²) in [6, 6.07) is 1.29. The number of nitrogens with zero attached hydrogens (tertiary/aromatic N) is 2. The Labute approximate surface area is 157 Å². The Morgan fingerprint density at radius 3 is 3.00 bits per heavy atom. The van der Waals surface area contributed by atoms with Crippen molar-refractivity contribution in [2.45, 2.75) is 39.2 Å². The summed E-state index contributed by atoms with van der Waals surface area (Å²) >= 11 is 1.39. The van der Waals surface area contributed by atoms with Crippen LogP contribution in [-0.4, -0.2) is 47.3 Å². The molecule has 7 nitrogen and oxygen atoms in total. The van der Waals surface area contributed by atoms with Crippen LogP contribution in [0, 0.1) is 12.8 Å². The molecule has 0 bridgehead atoms. The molecule has 1 aliphatic heterocycles. The first-order valence-corrected chi connectivity index (χ1v) is 9.99. The van der Waals surface area contributed by atoms with Crippen molar-refractivity contribution < 1.29 is 9.59 Å². The van der Waals surface area contributed by atoms with Crippen molar-refractivity contribution in [3.63, 3.8) is 0 Å². The van der Waals surface area contributed by atoms with Gasteiger partial charge < -0.3 is 16.0 Å². The maximum absolute atomic E-state index is 12.5. The third-order valence-electron chi connectivity index (χ3n) is 4.91. The normalized spacial score (nSPS) is 18.7. The van der Waals surface area contributed by atoms with Gasteiger partial charge in [-0.25, -0.2) is 0 Å². The Bertz CT molecular complexity index is 756. The molecule has 3 rings (SSSR count). The fraction of sp³-hybridized carbons (Fsp3) is 0.611. The maximum atomic E-state index is 12.5. The van der Waals surface area contributed by atoms with Gasteiger partial charge in [-0.05, 0) is 58.2 Å². The molecule has 0 radical (unpaired) electrons. The van der Waals surface area contributed by atoms with E-state index in [1.54, 1.807) is 11.6 Å². The van der Waals surface area contributed by atoms with E-state index in [1.165, 1.54) is 24.2 Å². The molecule has 3 heterocycles. The van der Waals surface area contributed by atoms with Crippen molar-refractivity contribution in [1.29, 1.82) is 0 Å². The second-order valence-corrected chi connectivity index (χ2v) is 8.06. The highest BCUT2D eigenvalue weighted by atomic mass is 32.1. The van der Waals surface area contributed by atoms with Crippen LogP contribution in [0.15, 0.2) is 6.07 Å². The number of amides is 2.